The molecule has 1 saturated heterocycles. The molecule has 3 nitrogen and oxygen atoms in total. The molecule has 1 heterocycles. The molecule has 0 N–H and O–H groups in total. The second kappa shape index (κ2) is 10.5. The summed E-state index contributed by atoms with van der Waals surface area (Å²) in [4.78, 5) is 2.77. The van der Waals surface area contributed by atoms with Crippen molar-refractivity contribution < 1.29 is 9.47 Å². The molecule has 10 aliphatic rings. The van der Waals surface area contributed by atoms with E-state index in [-0.39, 0.29) is 11.5 Å². The summed E-state index contributed by atoms with van der Waals surface area (Å²) in [5.41, 5.74) is 24.0. The van der Waals surface area contributed by atoms with Gasteiger partial charge in [-0.15, -0.1) is 0 Å². The molecular formula is C62H43NO2. The van der Waals surface area contributed by atoms with Gasteiger partial charge in [-0.25, -0.2) is 0 Å². The van der Waals surface area contributed by atoms with Crippen LogP contribution in [0.4, 0.5) is 0 Å². The van der Waals surface area contributed by atoms with Crippen LogP contribution in [0.25, 0.3) is 70.6 Å². The molecule has 0 saturated carbocycles. The lowest BCUT2D eigenvalue weighted by atomic mass is 9.59. The van der Waals surface area contributed by atoms with Gasteiger partial charge < -0.3 is 9.47 Å². The zero-order chi connectivity index (χ0) is 41.5. The Bertz CT molecular complexity index is 4070. The predicted octanol–water partition coefficient (Wildman–Crippen LogP) is 12.0. The summed E-state index contributed by atoms with van der Waals surface area (Å²) in [6.07, 6.45) is 14.9. The van der Waals surface area contributed by atoms with Crippen molar-refractivity contribution in [3.63, 3.8) is 0 Å². The minimum atomic E-state index is -0.0917. The van der Waals surface area contributed by atoms with E-state index in [0.717, 1.165) is 48.4 Å². The van der Waals surface area contributed by atoms with Crippen molar-refractivity contribution >= 4 is 70.6 Å². The molecule has 0 radical (unpaired) electrons. The first kappa shape index (κ1) is 33.1. The number of nitrogens with zero attached hydrogens (tertiary/aromatic N) is 1. The molecule has 1 aliphatic heterocycles. The second-order valence-corrected chi connectivity index (χ2v) is 22.0. The van der Waals surface area contributed by atoms with Crippen LogP contribution in [0.3, 0.4) is 0 Å². The van der Waals surface area contributed by atoms with E-state index in [2.05, 4.69) is 115 Å². The molecule has 19 rings (SSSR count). The van der Waals surface area contributed by atoms with E-state index >= 15 is 0 Å². The molecule has 6 atom stereocenters. The molecule has 308 valence electrons. The summed E-state index contributed by atoms with van der Waals surface area (Å²) < 4.78 is 13.6. The Hall–Kier alpha value is -6.42. The molecule has 9 aromatic rings. The lowest BCUT2D eigenvalue weighted by Crippen LogP contribution is -2.43. The molecule has 0 aromatic heterocycles. The monoisotopic (exact) mass is 833 g/mol. The number of hydrogen-bond acceptors (Lipinski definition) is 3. The second-order valence-electron chi connectivity index (χ2n) is 22.0. The fraction of sp³-hybridized carbons (Fsp3) is 0.258. The van der Waals surface area contributed by atoms with Crippen molar-refractivity contribution in [1.29, 1.82) is 0 Å². The molecule has 6 unspecified atom stereocenters. The fourth-order valence-corrected chi connectivity index (χ4v) is 17.8. The van der Waals surface area contributed by atoms with E-state index in [4.69, 9.17) is 9.47 Å². The van der Waals surface area contributed by atoms with Crippen LogP contribution in [0.5, 0.6) is 11.5 Å². The Balaban J connectivity index is 0.923. The predicted molar refractivity (Wildman–Crippen MR) is 260 cm³/mol. The van der Waals surface area contributed by atoms with Crippen LogP contribution < -0.4 is 19.9 Å². The van der Waals surface area contributed by atoms with Crippen molar-refractivity contribution in [2.45, 2.75) is 80.9 Å². The van der Waals surface area contributed by atoms with E-state index in [9.17, 15) is 0 Å². The SMILES string of the molecule is CN1CC2C3=c4c5c6c7c8c9c%10c%11c%12c%13c(cc%14c%15c(c4c6c(c%15%13)c8%12)C2(C%14)C1c1ccc(OCc2ccccc2)c(OCc2ccccc2)c1)CC%11CC%10C=C1/C=C\CC(=C5CC7C=91)C3. The average Bonchev–Trinajstić information content (AvgIpc) is 4.17. The van der Waals surface area contributed by atoms with Gasteiger partial charge >= 0.3 is 0 Å². The highest BCUT2D eigenvalue weighted by molar-refractivity contribution is 6.48. The minimum Gasteiger partial charge on any atom is -0.485 e. The van der Waals surface area contributed by atoms with Crippen molar-refractivity contribution in [1.82, 2.24) is 4.90 Å². The summed E-state index contributed by atoms with van der Waals surface area (Å²) in [5.74, 6) is 3.70. The largest absolute Gasteiger partial charge is 0.485 e. The zero-order valence-corrected chi connectivity index (χ0v) is 36.3. The molecule has 9 aromatic carbocycles. The van der Waals surface area contributed by atoms with Gasteiger partial charge in [-0.1, -0.05) is 102 Å². The number of benzene rings is 7. The van der Waals surface area contributed by atoms with Crippen LogP contribution in [-0.2, 0) is 31.5 Å². The molecule has 9 aliphatic carbocycles. The molecule has 1 spiro atoms. The lowest BCUT2D eigenvalue weighted by molar-refractivity contribution is 0.238. The maximum Gasteiger partial charge on any atom is 0.162 e. The highest BCUT2D eigenvalue weighted by Crippen LogP contribution is 2.72. The number of hydrogen-bond donors (Lipinski definition) is 0. The lowest BCUT2D eigenvalue weighted by Gasteiger charge is -2.43. The smallest absolute Gasteiger partial charge is 0.162 e. The van der Waals surface area contributed by atoms with Gasteiger partial charge in [-0.05, 0) is 200 Å². The van der Waals surface area contributed by atoms with Gasteiger partial charge in [0, 0.05) is 35.8 Å². The Labute approximate surface area is 375 Å². The Morgan fingerprint density at radius 2 is 1.48 bits per heavy atom. The molecule has 65 heavy (non-hydrogen) atoms. The number of fused-ring (bicyclic) bond motifs is 1. The maximum absolute atomic E-state index is 6.88. The van der Waals surface area contributed by atoms with Gasteiger partial charge in [0.25, 0.3) is 0 Å². The standard InChI is InChI=1S/C62H43NO2/c1-63-25-40-38-21-30-13-8-14-31-17-33-18-34-19-35-20-36-24-62(40,61(63)32-15-16-41(64-26-28-9-4-2-5-10-28)42(22-32)65-27-29-11-6-3-7-12-29)60-47(36)53-46(35)52-45(34)44(33)51-43(31)39-23-37(30)48-49(38)59(60)58-54(48)50(39)55(51)56(52)57(53)58/h2-12,14-17,20,22,33-34,39-40,61H,13,18-19,21,23-27H2,1H3/b14-8-. The average molecular weight is 834 g/mol. The maximum atomic E-state index is 6.88. The molecule has 0 amide bonds. The number of ether oxygens (including phenoxy) is 2. The van der Waals surface area contributed by atoms with Gasteiger partial charge in [0.1, 0.15) is 13.2 Å². The first-order valence-electron chi connectivity index (χ1n) is 24.6. The van der Waals surface area contributed by atoms with Crippen LogP contribution in [0.15, 0.2) is 114 Å². The third kappa shape index (κ3) is 3.37. The normalized spacial score (nSPS) is 27.7. The van der Waals surface area contributed by atoms with Gasteiger partial charge in [0.15, 0.2) is 11.5 Å². The highest BCUT2D eigenvalue weighted by Gasteiger charge is 2.63. The summed E-state index contributed by atoms with van der Waals surface area (Å²) in [6.45, 7) is 2.07. The summed E-state index contributed by atoms with van der Waals surface area (Å²) in [6, 6.07) is 31.2. The fourth-order valence-electron chi connectivity index (χ4n) is 17.8. The Kier molecular flexibility index (Phi) is 5.34. The molecule has 1 fully saturated rings. The molecule has 2 bridgehead atoms. The highest BCUT2D eigenvalue weighted by atomic mass is 16.5. The van der Waals surface area contributed by atoms with Gasteiger partial charge in [0.05, 0.1) is 0 Å². The minimum absolute atomic E-state index is 0.0917. The van der Waals surface area contributed by atoms with E-state index < -0.39 is 0 Å². The summed E-state index contributed by atoms with van der Waals surface area (Å²) >= 11 is 0. The van der Waals surface area contributed by atoms with Gasteiger partial charge in [-0.2, -0.15) is 0 Å². The van der Waals surface area contributed by atoms with Crippen molar-refractivity contribution in [3.8, 4) is 11.5 Å². The van der Waals surface area contributed by atoms with Crippen LogP contribution in [-0.4, -0.2) is 18.5 Å². The van der Waals surface area contributed by atoms with E-state index in [0.29, 0.717) is 36.9 Å². The number of rotatable bonds is 7. The third-order valence-corrected chi connectivity index (χ3v) is 19.5. The van der Waals surface area contributed by atoms with E-state index in [1.54, 1.807) is 131 Å². The van der Waals surface area contributed by atoms with Crippen molar-refractivity contribution in [2.24, 2.45) is 5.92 Å². The first-order chi connectivity index (χ1) is 32.1. The summed E-state index contributed by atoms with van der Waals surface area (Å²) in [7, 11) is 2.45. The van der Waals surface area contributed by atoms with Crippen LogP contribution in [0.2, 0.25) is 0 Å². The zero-order valence-electron chi connectivity index (χ0n) is 36.3. The van der Waals surface area contributed by atoms with Crippen molar-refractivity contribution in [2.75, 3.05) is 13.6 Å². The number of allylic oxidation sites excluding steroid dienone is 6. The van der Waals surface area contributed by atoms with E-state index in [1.165, 1.54) is 24.8 Å². The molecular weight excluding hydrogens is 791 g/mol. The third-order valence-electron chi connectivity index (χ3n) is 19.5. The summed E-state index contributed by atoms with van der Waals surface area (Å²) in [5, 5.41) is 20.2. The quantitative estimate of drug-likeness (QED) is 0.149. The topological polar surface area (TPSA) is 21.7 Å². The number of likely N-dealkylation sites (tertiary alicyclic amines) is 1. The Morgan fingerprint density at radius 3 is 2.32 bits per heavy atom. The van der Waals surface area contributed by atoms with Crippen LogP contribution in [0, 0.1) is 5.92 Å². The Morgan fingerprint density at radius 1 is 0.692 bits per heavy atom. The molecule has 3 heteroatoms. The van der Waals surface area contributed by atoms with Gasteiger partial charge in [-0.3, -0.25) is 4.90 Å². The first-order valence-corrected chi connectivity index (χ1v) is 24.6. The van der Waals surface area contributed by atoms with Crippen LogP contribution in [0.1, 0.15) is 105 Å². The van der Waals surface area contributed by atoms with Crippen molar-refractivity contribution in [3.05, 3.63) is 180 Å². The van der Waals surface area contributed by atoms with Crippen LogP contribution >= 0.6 is 0 Å². The van der Waals surface area contributed by atoms with Gasteiger partial charge in [0.2, 0.25) is 0 Å². The van der Waals surface area contributed by atoms with E-state index in [1.807, 2.05) is 0 Å². The number of likely N-dealkylation sites (N-methyl/N-ethyl adjacent to an activating group) is 1.